The molecule has 0 fully saturated rings. The van der Waals surface area contributed by atoms with E-state index in [-0.39, 0.29) is 5.82 Å². The highest BCUT2D eigenvalue weighted by Crippen LogP contribution is 2.19. The lowest BCUT2D eigenvalue weighted by molar-refractivity contribution is 0.298. The maximum atomic E-state index is 12.9. The molecule has 1 aromatic carbocycles. The molecule has 0 amide bonds. The van der Waals surface area contributed by atoms with Crippen molar-refractivity contribution >= 4 is 0 Å². The summed E-state index contributed by atoms with van der Waals surface area (Å²) in [6.45, 7) is 4.21. The molecule has 88 valence electrons. The first-order chi connectivity index (χ1) is 8.16. The molecule has 0 aliphatic carbocycles. The normalized spacial score (nSPS) is 10.3. The van der Waals surface area contributed by atoms with Crippen LogP contribution in [0.3, 0.4) is 0 Å². The number of rotatable bonds is 3. The molecule has 1 aromatic heterocycles. The van der Waals surface area contributed by atoms with Crippen molar-refractivity contribution in [3.05, 3.63) is 59.2 Å². The van der Waals surface area contributed by atoms with Gasteiger partial charge in [-0.1, -0.05) is 6.07 Å². The van der Waals surface area contributed by atoms with E-state index in [1.54, 1.807) is 12.3 Å². The summed E-state index contributed by atoms with van der Waals surface area (Å²) >= 11 is 0. The lowest BCUT2D eigenvalue weighted by atomic mass is 10.2. The van der Waals surface area contributed by atoms with Crippen LogP contribution in [0.5, 0.6) is 5.75 Å². The summed E-state index contributed by atoms with van der Waals surface area (Å²) in [5.41, 5.74) is 2.78. The number of hydrogen-bond donors (Lipinski definition) is 0. The van der Waals surface area contributed by atoms with E-state index in [1.807, 2.05) is 26.0 Å². The monoisotopic (exact) mass is 231 g/mol. The first-order valence-corrected chi connectivity index (χ1v) is 5.46. The summed E-state index contributed by atoms with van der Waals surface area (Å²) < 4.78 is 18.5. The van der Waals surface area contributed by atoms with Crippen molar-refractivity contribution in [3.8, 4) is 5.75 Å². The van der Waals surface area contributed by atoms with Crippen molar-refractivity contribution in [1.82, 2.24) is 4.98 Å². The molecule has 2 nitrogen and oxygen atoms in total. The first kappa shape index (κ1) is 11.6. The predicted octanol–water partition coefficient (Wildman–Crippen LogP) is 3.42. The Bertz CT molecular complexity index is 525. The maximum Gasteiger partial charge on any atom is 0.130 e. The SMILES string of the molecule is Cc1cc(F)ccc1OCc1ncccc1C. The zero-order valence-electron chi connectivity index (χ0n) is 9.90. The molecule has 0 atom stereocenters. The second-order valence-electron chi connectivity index (χ2n) is 3.97. The first-order valence-electron chi connectivity index (χ1n) is 5.46. The average Bonchev–Trinajstić information content (AvgIpc) is 2.30. The van der Waals surface area contributed by atoms with E-state index in [0.717, 1.165) is 16.8 Å². The molecule has 0 saturated heterocycles. The molecule has 0 unspecified atom stereocenters. The Morgan fingerprint density at radius 1 is 1.18 bits per heavy atom. The lowest BCUT2D eigenvalue weighted by Crippen LogP contribution is -2.01. The Kier molecular flexibility index (Phi) is 3.38. The van der Waals surface area contributed by atoms with Gasteiger partial charge in [-0.3, -0.25) is 4.98 Å². The number of hydrogen-bond acceptors (Lipinski definition) is 2. The molecule has 0 spiro atoms. The van der Waals surface area contributed by atoms with Crippen molar-refractivity contribution in [2.24, 2.45) is 0 Å². The Labute approximate surface area is 100 Å². The van der Waals surface area contributed by atoms with Gasteiger partial charge < -0.3 is 4.74 Å². The topological polar surface area (TPSA) is 22.1 Å². The molecule has 1 heterocycles. The number of aryl methyl sites for hydroxylation is 2. The van der Waals surface area contributed by atoms with Gasteiger partial charge in [0.05, 0.1) is 5.69 Å². The van der Waals surface area contributed by atoms with Gasteiger partial charge in [0.1, 0.15) is 18.2 Å². The molecule has 2 rings (SSSR count). The second-order valence-corrected chi connectivity index (χ2v) is 3.97. The molecule has 2 aromatic rings. The summed E-state index contributed by atoms with van der Waals surface area (Å²) in [4.78, 5) is 4.24. The zero-order valence-corrected chi connectivity index (χ0v) is 9.90. The second kappa shape index (κ2) is 4.95. The van der Waals surface area contributed by atoms with Gasteiger partial charge in [-0.25, -0.2) is 4.39 Å². The highest BCUT2D eigenvalue weighted by Gasteiger charge is 2.03. The Balaban J connectivity index is 2.10. The van der Waals surface area contributed by atoms with Gasteiger partial charge in [0.25, 0.3) is 0 Å². The molecule has 3 heteroatoms. The van der Waals surface area contributed by atoms with Gasteiger partial charge in [-0.15, -0.1) is 0 Å². The number of ether oxygens (including phenoxy) is 1. The summed E-state index contributed by atoms with van der Waals surface area (Å²) in [5, 5.41) is 0. The molecule has 0 saturated carbocycles. The van der Waals surface area contributed by atoms with Crippen molar-refractivity contribution in [2.75, 3.05) is 0 Å². The summed E-state index contributed by atoms with van der Waals surface area (Å²) in [6.07, 6.45) is 1.74. The fourth-order valence-corrected chi connectivity index (χ4v) is 1.59. The van der Waals surface area contributed by atoms with Crippen LogP contribution in [0.25, 0.3) is 0 Å². The van der Waals surface area contributed by atoms with Gasteiger partial charge in [-0.05, 0) is 49.2 Å². The van der Waals surface area contributed by atoms with E-state index in [9.17, 15) is 4.39 Å². The van der Waals surface area contributed by atoms with Crippen molar-refractivity contribution in [2.45, 2.75) is 20.5 Å². The summed E-state index contributed by atoms with van der Waals surface area (Å²) in [6, 6.07) is 8.38. The number of pyridine rings is 1. The number of halogens is 1. The van der Waals surface area contributed by atoms with Crippen LogP contribution in [0.4, 0.5) is 4.39 Å². The number of benzene rings is 1. The largest absolute Gasteiger partial charge is 0.487 e. The Morgan fingerprint density at radius 3 is 2.71 bits per heavy atom. The highest BCUT2D eigenvalue weighted by atomic mass is 19.1. The van der Waals surface area contributed by atoms with Crippen LogP contribution in [0, 0.1) is 19.7 Å². The third-order valence-electron chi connectivity index (χ3n) is 2.62. The minimum Gasteiger partial charge on any atom is -0.487 e. The zero-order chi connectivity index (χ0) is 12.3. The summed E-state index contributed by atoms with van der Waals surface area (Å²) in [7, 11) is 0. The Hall–Kier alpha value is -1.90. The van der Waals surface area contributed by atoms with Crippen molar-refractivity contribution < 1.29 is 9.13 Å². The fraction of sp³-hybridized carbons (Fsp3) is 0.214. The number of aromatic nitrogens is 1. The van der Waals surface area contributed by atoms with Crippen LogP contribution in [-0.4, -0.2) is 4.98 Å². The van der Waals surface area contributed by atoms with Gasteiger partial charge in [0.15, 0.2) is 0 Å². The van der Waals surface area contributed by atoms with Crippen molar-refractivity contribution in [3.63, 3.8) is 0 Å². The van der Waals surface area contributed by atoms with Gasteiger partial charge in [0, 0.05) is 6.20 Å². The molecule has 0 aliphatic heterocycles. The molecule has 0 radical (unpaired) electrons. The number of nitrogens with zero attached hydrogens (tertiary/aromatic N) is 1. The van der Waals surface area contributed by atoms with E-state index in [1.165, 1.54) is 12.1 Å². The van der Waals surface area contributed by atoms with Crippen LogP contribution < -0.4 is 4.74 Å². The van der Waals surface area contributed by atoms with Crippen LogP contribution in [0.15, 0.2) is 36.5 Å². The van der Waals surface area contributed by atoms with Crippen molar-refractivity contribution in [1.29, 1.82) is 0 Å². The van der Waals surface area contributed by atoms with Gasteiger partial charge in [-0.2, -0.15) is 0 Å². The molecule has 0 aliphatic rings. The Morgan fingerprint density at radius 2 is 2.00 bits per heavy atom. The molecular weight excluding hydrogens is 217 g/mol. The third kappa shape index (κ3) is 2.81. The highest BCUT2D eigenvalue weighted by molar-refractivity contribution is 5.32. The van der Waals surface area contributed by atoms with Gasteiger partial charge in [0.2, 0.25) is 0 Å². The average molecular weight is 231 g/mol. The van der Waals surface area contributed by atoms with E-state index in [0.29, 0.717) is 12.4 Å². The summed E-state index contributed by atoms with van der Waals surface area (Å²) in [5.74, 6) is 0.445. The smallest absolute Gasteiger partial charge is 0.130 e. The van der Waals surface area contributed by atoms with E-state index < -0.39 is 0 Å². The van der Waals surface area contributed by atoms with E-state index >= 15 is 0 Å². The molecular formula is C14H14FNO. The third-order valence-corrected chi connectivity index (χ3v) is 2.62. The van der Waals surface area contributed by atoms with Crippen LogP contribution in [0.1, 0.15) is 16.8 Å². The lowest BCUT2D eigenvalue weighted by Gasteiger charge is -2.09. The molecule has 0 bridgehead atoms. The maximum absolute atomic E-state index is 12.9. The minimum absolute atomic E-state index is 0.246. The minimum atomic E-state index is -0.246. The van der Waals surface area contributed by atoms with E-state index in [4.69, 9.17) is 4.74 Å². The van der Waals surface area contributed by atoms with Crippen LogP contribution >= 0.6 is 0 Å². The quantitative estimate of drug-likeness (QED) is 0.807. The fourth-order valence-electron chi connectivity index (χ4n) is 1.59. The predicted molar refractivity (Wildman–Crippen MR) is 64.4 cm³/mol. The van der Waals surface area contributed by atoms with Gasteiger partial charge >= 0.3 is 0 Å². The standard InChI is InChI=1S/C14H14FNO/c1-10-4-3-7-16-13(10)9-17-14-6-5-12(15)8-11(14)2/h3-8H,9H2,1-2H3. The van der Waals surface area contributed by atoms with Crippen LogP contribution in [0.2, 0.25) is 0 Å². The van der Waals surface area contributed by atoms with E-state index in [2.05, 4.69) is 4.98 Å². The van der Waals surface area contributed by atoms with Crippen LogP contribution in [-0.2, 0) is 6.61 Å². The molecule has 0 N–H and O–H groups in total. The molecule has 17 heavy (non-hydrogen) atoms.